The van der Waals surface area contributed by atoms with Gasteiger partial charge < -0.3 is 14.5 Å². The van der Waals surface area contributed by atoms with Gasteiger partial charge in [-0.1, -0.05) is 30.9 Å². The number of ether oxygens (including phenoxy) is 1. The molecule has 3 nitrogen and oxygen atoms in total. The number of rotatable bonds is 4. The Kier molecular flexibility index (Phi) is 4.18. The van der Waals surface area contributed by atoms with Crippen molar-refractivity contribution in [2.75, 3.05) is 26.0 Å². The highest BCUT2D eigenvalue weighted by atomic mass is 16.5. The predicted octanol–water partition coefficient (Wildman–Crippen LogP) is 3.47. The van der Waals surface area contributed by atoms with Crippen LogP contribution in [0.15, 0.2) is 55.0 Å². The molecule has 0 spiro atoms. The lowest BCUT2D eigenvalue weighted by atomic mass is 10.0. The van der Waals surface area contributed by atoms with Crippen molar-refractivity contribution in [2.45, 2.75) is 13.2 Å². The monoisotopic (exact) mass is 270 g/mol. The molecule has 1 aromatic rings. The topological polar surface area (TPSA) is 15.7 Å². The fourth-order valence-corrected chi connectivity index (χ4v) is 2.20. The van der Waals surface area contributed by atoms with Gasteiger partial charge in [0.25, 0.3) is 0 Å². The van der Waals surface area contributed by atoms with Crippen LogP contribution in [0.2, 0.25) is 0 Å². The summed E-state index contributed by atoms with van der Waals surface area (Å²) in [6.45, 7) is 5.85. The minimum Gasteiger partial charge on any atom is -0.472 e. The average Bonchev–Trinajstić information content (AvgIpc) is 2.77. The molecule has 1 unspecified atom stereocenters. The standard InChI is InChI=1S/C17H22N2O/c1-6-7-16(17-19(5)13(2)12-20-17)14-8-10-15(11-9-14)18(3)4/h6-12,17H,1H2,2-5H3. The van der Waals surface area contributed by atoms with Crippen molar-refractivity contribution in [1.29, 1.82) is 0 Å². The Balaban J connectivity index is 2.30. The van der Waals surface area contributed by atoms with E-state index in [1.165, 1.54) is 5.69 Å². The molecule has 0 aliphatic carbocycles. The smallest absolute Gasteiger partial charge is 0.198 e. The molecule has 0 aromatic heterocycles. The summed E-state index contributed by atoms with van der Waals surface area (Å²) in [5.74, 6) is 0. The zero-order valence-corrected chi connectivity index (χ0v) is 12.6. The lowest BCUT2D eigenvalue weighted by Gasteiger charge is -2.25. The molecular weight excluding hydrogens is 248 g/mol. The zero-order valence-electron chi connectivity index (χ0n) is 12.6. The predicted molar refractivity (Wildman–Crippen MR) is 85.3 cm³/mol. The fourth-order valence-electron chi connectivity index (χ4n) is 2.20. The molecule has 0 saturated heterocycles. The molecule has 3 heteroatoms. The van der Waals surface area contributed by atoms with Gasteiger partial charge in [-0.3, -0.25) is 0 Å². The first-order chi connectivity index (χ1) is 9.54. The lowest BCUT2D eigenvalue weighted by molar-refractivity contribution is 0.122. The van der Waals surface area contributed by atoms with Gasteiger partial charge >= 0.3 is 0 Å². The highest BCUT2D eigenvalue weighted by molar-refractivity contribution is 5.72. The Morgan fingerprint density at radius 3 is 2.40 bits per heavy atom. The number of benzene rings is 1. The maximum absolute atomic E-state index is 5.76. The second-order valence-electron chi connectivity index (χ2n) is 5.16. The highest BCUT2D eigenvalue weighted by Gasteiger charge is 2.26. The van der Waals surface area contributed by atoms with Crippen molar-refractivity contribution in [3.8, 4) is 0 Å². The second kappa shape index (κ2) is 5.87. The van der Waals surface area contributed by atoms with Crippen molar-refractivity contribution < 1.29 is 4.74 Å². The molecule has 0 fully saturated rings. The van der Waals surface area contributed by atoms with E-state index in [-0.39, 0.29) is 6.23 Å². The van der Waals surface area contributed by atoms with Gasteiger partial charge in [0.15, 0.2) is 6.23 Å². The van der Waals surface area contributed by atoms with Gasteiger partial charge in [-0.25, -0.2) is 0 Å². The zero-order chi connectivity index (χ0) is 14.7. The van der Waals surface area contributed by atoms with Crippen LogP contribution in [0.3, 0.4) is 0 Å². The van der Waals surface area contributed by atoms with Crippen LogP contribution in [0.5, 0.6) is 0 Å². The Hall–Kier alpha value is -2.16. The summed E-state index contributed by atoms with van der Waals surface area (Å²) < 4.78 is 5.76. The molecule has 0 N–H and O–H groups in total. The van der Waals surface area contributed by atoms with Crippen LogP contribution in [-0.4, -0.2) is 32.3 Å². The first-order valence-corrected chi connectivity index (χ1v) is 6.70. The number of anilines is 1. The quantitative estimate of drug-likeness (QED) is 0.779. The molecule has 20 heavy (non-hydrogen) atoms. The van der Waals surface area contributed by atoms with E-state index in [0.717, 1.165) is 16.8 Å². The second-order valence-corrected chi connectivity index (χ2v) is 5.16. The normalized spacial score (nSPS) is 18.6. The lowest BCUT2D eigenvalue weighted by Crippen LogP contribution is -2.27. The molecule has 1 atom stereocenters. The van der Waals surface area contributed by atoms with E-state index in [9.17, 15) is 0 Å². The molecule has 0 amide bonds. The maximum atomic E-state index is 5.76. The SMILES string of the molecule is C=CC=C(c1ccc(N(C)C)cc1)C1OC=C(C)N1C. The molecule has 1 aromatic carbocycles. The van der Waals surface area contributed by atoms with Crippen LogP contribution < -0.4 is 4.90 Å². The number of hydrogen-bond donors (Lipinski definition) is 0. The van der Waals surface area contributed by atoms with Crippen molar-refractivity contribution in [2.24, 2.45) is 0 Å². The van der Waals surface area contributed by atoms with Crippen LogP contribution >= 0.6 is 0 Å². The third kappa shape index (κ3) is 2.72. The summed E-state index contributed by atoms with van der Waals surface area (Å²) in [6, 6.07) is 8.47. The van der Waals surface area contributed by atoms with Gasteiger partial charge in [-0.05, 0) is 24.6 Å². The third-order valence-corrected chi connectivity index (χ3v) is 3.56. The van der Waals surface area contributed by atoms with E-state index in [0.29, 0.717) is 0 Å². The summed E-state index contributed by atoms with van der Waals surface area (Å²) in [6.07, 6.45) is 5.53. The average molecular weight is 270 g/mol. The van der Waals surface area contributed by atoms with Gasteiger partial charge in [0.1, 0.15) is 6.26 Å². The van der Waals surface area contributed by atoms with Crippen molar-refractivity contribution >= 4 is 11.3 Å². The molecular formula is C17H22N2O. The summed E-state index contributed by atoms with van der Waals surface area (Å²) in [5, 5.41) is 0. The molecule has 106 valence electrons. The summed E-state index contributed by atoms with van der Waals surface area (Å²) in [4.78, 5) is 4.21. The van der Waals surface area contributed by atoms with Crippen LogP contribution in [0, 0.1) is 0 Å². The maximum Gasteiger partial charge on any atom is 0.198 e. The Morgan fingerprint density at radius 1 is 1.30 bits per heavy atom. The third-order valence-electron chi connectivity index (χ3n) is 3.56. The van der Waals surface area contributed by atoms with Gasteiger partial charge in [0.2, 0.25) is 0 Å². The first-order valence-electron chi connectivity index (χ1n) is 6.70. The molecule has 1 aliphatic heterocycles. The van der Waals surface area contributed by atoms with E-state index in [2.05, 4.69) is 40.6 Å². The molecule has 2 rings (SSSR count). The van der Waals surface area contributed by atoms with Gasteiger partial charge in [0.05, 0.1) is 0 Å². The van der Waals surface area contributed by atoms with Crippen LogP contribution in [-0.2, 0) is 4.74 Å². The number of likely N-dealkylation sites (N-methyl/N-ethyl adjacent to an activating group) is 1. The van der Waals surface area contributed by atoms with E-state index in [1.807, 2.05) is 34.1 Å². The number of nitrogens with zero attached hydrogens (tertiary/aromatic N) is 2. The first kappa shape index (κ1) is 14.3. The summed E-state index contributed by atoms with van der Waals surface area (Å²) >= 11 is 0. The van der Waals surface area contributed by atoms with E-state index in [4.69, 9.17) is 4.74 Å². The van der Waals surface area contributed by atoms with Crippen LogP contribution in [0.25, 0.3) is 5.57 Å². The molecule has 0 bridgehead atoms. The fraction of sp³-hybridized carbons (Fsp3) is 0.294. The van der Waals surface area contributed by atoms with Gasteiger partial charge in [-0.15, -0.1) is 0 Å². The van der Waals surface area contributed by atoms with Crippen LogP contribution in [0.1, 0.15) is 12.5 Å². The van der Waals surface area contributed by atoms with E-state index < -0.39 is 0 Å². The van der Waals surface area contributed by atoms with Crippen molar-refractivity contribution in [1.82, 2.24) is 4.90 Å². The molecule has 1 aliphatic rings. The number of hydrogen-bond acceptors (Lipinski definition) is 3. The van der Waals surface area contributed by atoms with Gasteiger partial charge in [0, 0.05) is 38.1 Å². The Labute approximate surface area is 121 Å². The van der Waals surface area contributed by atoms with Crippen LogP contribution in [0.4, 0.5) is 5.69 Å². The minimum absolute atomic E-state index is 0.0850. The summed E-state index contributed by atoms with van der Waals surface area (Å²) in [7, 11) is 6.11. The highest BCUT2D eigenvalue weighted by Crippen LogP contribution is 2.30. The number of allylic oxidation sites excluding steroid dienone is 3. The minimum atomic E-state index is -0.0850. The van der Waals surface area contributed by atoms with Gasteiger partial charge in [-0.2, -0.15) is 0 Å². The summed E-state index contributed by atoms with van der Waals surface area (Å²) in [5.41, 5.74) is 4.56. The van der Waals surface area contributed by atoms with E-state index in [1.54, 1.807) is 12.3 Å². The van der Waals surface area contributed by atoms with Crippen molar-refractivity contribution in [3.63, 3.8) is 0 Å². The molecule has 0 radical (unpaired) electrons. The Bertz CT molecular complexity index is 541. The Morgan fingerprint density at radius 2 is 1.95 bits per heavy atom. The van der Waals surface area contributed by atoms with Crippen molar-refractivity contribution in [3.05, 3.63) is 60.5 Å². The molecule has 0 saturated carbocycles. The molecule has 1 heterocycles. The van der Waals surface area contributed by atoms with E-state index >= 15 is 0 Å². The largest absolute Gasteiger partial charge is 0.472 e.